The first-order valence-corrected chi connectivity index (χ1v) is 4.00. The van der Waals surface area contributed by atoms with E-state index in [1.165, 1.54) is 0 Å². The van der Waals surface area contributed by atoms with Crippen molar-refractivity contribution in [3.8, 4) is 11.8 Å². The first-order valence-electron chi connectivity index (χ1n) is 4.00. The number of benzene rings is 1. The molecule has 1 rings (SSSR count). The second-order valence-corrected chi connectivity index (χ2v) is 2.79. The van der Waals surface area contributed by atoms with Gasteiger partial charge in [0.25, 0.3) is 0 Å². The summed E-state index contributed by atoms with van der Waals surface area (Å²) < 4.78 is 5.10. The van der Waals surface area contributed by atoms with Crippen molar-refractivity contribution in [1.29, 1.82) is 5.26 Å². The molecule has 0 heterocycles. The first kappa shape index (κ1) is 9.56. The molecule has 13 heavy (non-hydrogen) atoms. The molecule has 3 heteroatoms. The number of aryl methyl sites for hydroxylation is 1. The van der Waals surface area contributed by atoms with Crippen LogP contribution in [0, 0.1) is 18.3 Å². The van der Waals surface area contributed by atoms with E-state index in [1.54, 1.807) is 13.2 Å². The molecule has 2 N–H and O–H groups in total. The Kier molecular flexibility index (Phi) is 2.88. The Bertz CT molecular complexity index is 353. The lowest BCUT2D eigenvalue weighted by Crippen LogP contribution is -2.01. The van der Waals surface area contributed by atoms with Crippen LogP contribution in [0.5, 0.6) is 5.75 Å². The average molecular weight is 176 g/mol. The van der Waals surface area contributed by atoms with Crippen LogP contribution < -0.4 is 10.5 Å². The lowest BCUT2D eigenvalue weighted by molar-refractivity contribution is 0.411. The second-order valence-electron chi connectivity index (χ2n) is 2.79. The maximum Gasteiger partial charge on any atom is 0.123 e. The van der Waals surface area contributed by atoms with Gasteiger partial charge in [-0.25, -0.2) is 0 Å². The van der Waals surface area contributed by atoms with Crippen LogP contribution in [0.2, 0.25) is 0 Å². The Balaban J connectivity index is 3.28. The van der Waals surface area contributed by atoms with Crippen molar-refractivity contribution < 1.29 is 4.74 Å². The van der Waals surface area contributed by atoms with E-state index in [-0.39, 0.29) is 0 Å². The van der Waals surface area contributed by atoms with Gasteiger partial charge in [0.1, 0.15) is 5.75 Å². The fourth-order valence-electron chi connectivity index (χ4n) is 1.24. The minimum Gasteiger partial charge on any atom is -0.496 e. The molecule has 0 saturated heterocycles. The fourth-order valence-corrected chi connectivity index (χ4v) is 1.24. The highest BCUT2D eigenvalue weighted by atomic mass is 16.5. The number of rotatable bonds is 2. The van der Waals surface area contributed by atoms with Crippen LogP contribution in [0.1, 0.15) is 16.7 Å². The van der Waals surface area contributed by atoms with E-state index < -0.39 is 0 Å². The van der Waals surface area contributed by atoms with Gasteiger partial charge in [-0.05, 0) is 30.2 Å². The summed E-state index contributed by atoms with van der Waals surface area (Å²) in [6.45, 7) is 2.31. The third-order valence-corrected chi connectivity index (χ3v) is 1.96. The molecule has 0 radical (unpaired) electrons. The number of methoxy groups -OCH3 is 1. The lowest BCUT2D eigenvalue weighted by Gasteiger charge is -2.07. The number of ether oxygens (including phenoxy) is 1. The Hall–Kier alpha value is -1.53. The molecule has 0 aliphatic heterocycles. The fraction of sp³-hybridized carbons (Fsp3) is 0.300. The molecular formula is C10H12N2O. The van der Waals surface area contributed by atoms with E-state index >= 15 is 0 Å². The summed E-state index contributed by atoms with van der Waals surface area (Å²) in [5.41, 5.74) is 7.95. The highest BCUT2D eigenvalue weighted by Gasteiger charge is 2.05. The van der Waals surface area contributed by atoms with E-state index in [0.717, 1.165) is 16.9 Å². The monoisotopic (exact) mass is 176 g/mol. The summed E-state index contributed by atoms with van der Waals surface area (Å²) in [5.74, 6) is 0.730. The van der Waals surface area contributed by atoms with Crippen LogP contribution in [-0.4, -0.2) is 7.11 Å². The number of hydrogen-bond acceptors (Lipinski definition) is 3. The van der Waals surface area contributed by atoms with Gasteiger partial charge in [0.2, 0.25) is 0 Å². The van der Waals surface area contributed by atoms with Crippen LogP contribution in [0.3, 0.4) is 0 Å². The summed E-state index contributed by atoms with van der Waals surface area (Å²) >= 11 is 0. The zero-order valence-corrected chi connectivity index (χ0v) is 7.79. The standard InChI is InChI=1S/C10H12N2O/c1-7-3-8(5-11)9(6-12)4-10(7)13-2/h3-4H,5,11H2,1-2H3. The van der Waals surface area contributed by atoms with Crippen molar-refractivity contribution >= 4 is 0 Å². The van der Waals surface area contributed by atoms with Gasteiger partial charge in [0, 0.05) is 6.54 Å². The highest BCUT2D eigenvalue weighted by molar-refractivity contribution is 5.47. The Morgan fingerprint density at radius 3 is 2.69 bits per heavy atom. The lowest BCUT2D eigenvalue weighted by atomic mass is 10.0. The number of nitriles is 1. The van der Waals surface area contributed by atoms with E-state index in [0.29, 0.717) is 12.1 Å². The zero-order valence-electron chi connectivity index (χ0n) is 7.79. The average Bonchev–Trinajstić information content (AvgIpc) is 2.17. The van der Waals surface area contributed by atoms with Gasteiger partial charge < -0.3 is 10.5 Å². The molecule has 68 valence electrons. The molecule has 0 amide bonds. The molecule has 0 saturated carbocycles. The van der Waals surface area contributed by atoms with Crippen molar-refractivity contribution in [1.82, 2.24) is 0 Å². The maximum absolute atomic E-state index is 8.80. The maximum atomic E-state index is 8.80. The number of nitrogens with two attached hydrogens (primary N) is 1. The van der Waals surface area contributed by atoms with Crippen molar-refractivity contribution in [2.45, 2.75) is 13.5 Å². The van der Waals surface area contributed by atoms with Gasteiger partial charge in [-0.3, -0.25) is 0 Å². The van der Waals surface area contributed by atoms with Gasteiger partial charge >= 0.3 is 0 Å². The van der Waals surface area contributed by atoms with Crippen molar-refractivity contribution in [3.05, 3.63) is 28.8 Å². The predicted molar refractivity (Wildman–Crippen MR) is 50.3 cm³/mol. The smallest absolute Gasteiger partial charge is 0.123 e. The van der Waals surface area contributed by atoms with Gasteiger partial charge in [-0.15, -0.1) is 0 Å². The molecule has 0 fully saturated rings. The van der Waals surface area contributed by atoms with Crippen molar-refractivity contribution in [3.63, 3.8) is 0 Å². The zero-order chi connectivity index (χ0) is 9.84. The van der Waals surface area contributed by atoms with E-state index in [9.17, 15) is 0 Å². The van der Waals surface area contributed by atoms with Gasteiger partial charge in [-0.2, -0.15) is 5.26 Å². The quantitative estimate of drug-likeness (QED) is 0.739. The summed E-state index contributed by atoms with van der Waals surface area (Å²) in [7, 11) is 1.59. The number of hydrogen-bond donors (Lipinski definition) is 1. The van der Waals surface area contributed by atoms with Crippen LogP contribution in [0.15, 0.2) is 12.1 Å². The largest absolute Gasteiger partial charge is 0.496 e. The molecule has 3 nitrogen and oxygen atoms in total. The third-order valence-electron chi connectivity index (χ3n) is 1.96. The van der Waals surface area contributed by atoms with Gasteiger partial charge in [0.05, 0.1) is 18.7 Å². The minimum atomic E-state index is 0.383. The first-order chi connectivity index (χ1) is 6.22. The molecule has 0 spiro atoms. The molecule has 0 unspecified atom stereocenters. The van der Waals surface area contributed by atoms with Crippen LogP contribution in [0.4, 0.5) is 0 Å². The highest BCUT2D eigenvalue weighted by Crippen LogP contribution is 2.22. The summed E-state index contributed by atoms with van der Waals surface area (Å²) in [6, 6.07) is 5.69. The number of nitrogens with zero attached hydrogens (tertiary/aromatic N) is 1. The molecule has 0 atom stereocenters. The van der Waals surface area contributed by atoms with E-state index in [2.05, 4.69) is 6.07 Å². The normalized spacial score (nSPS) is 9.38. The van der Waals surface area contributed by atoms with Crippen LogP contribution in [0.25, 0.3) is 0 Å². The Labute approximate surface area is 77.7 Å². The third kappa shape index (κ3) is 1.79. The van der Waals surface area contributed by atoms with Gasteiger partial charge in [0.15, 0.2) is 0 Å². The molecule has 1 aromatic carbocycles. The molecule has 0 aliphatic carbocycles. The van der Waals surface area contributed by atoms with Crippen molar-refractivity contribution in [2.75, 3.05) is 7.11 Å². The van der Waals surface area contributed by atoms with E-state index in [1.807, 2.05) is 13.0 Å². The molecular weight excluding hydrogens is 164 g/mol. The Morgan fingerprint density at radius 2 is 2.23 bits per heavy atom. The molecule has 0 aliphatic rings. The Morgan fingerprint density at radius 1 is 1.54 bits per heavy atom. The summed E-state index contributed by atoms with van der Waals surface area (Å²) in [6.07, 6.45) is 0. The van der Waals surface area contributed by atoms with Crippen LogP contribution in [-0.2, 0) is 6.54 Å². The van der Waals surface area contributed by atoms with Crippen molar-refractivity contribution in [2.24, 2.45) is 5.73 Å². The molecule has 1 aromatic rings. The summed E-state index contributed by atoms with van der Waals surface area (Å²) in [5, 5.41) is 8.80. The molecule has 0 bridgehead atoms. The van der Waals surface area contributed by atoms with E-state index in [4.69, 9.17) is 15.7 Å². The second kappa shape index (κ2) is 3.92. The SMILES string of the molecule is COc1cc(C#N)c(CN)cc1C. The van der Waals surface area contributed by atoms with Gasteiger partial charge in [-0.1, -0.05) is 0 Å². The van der Waals surface area contributed by atoms with Crippen LogP contribution >= 0.6 is 0 Å². The topological polar surface area (TPSA) is 59.0 Å². The predicted octanol–water partition coefficient (Wildman–Crippen LogP) is 1.33. The minimum absolute atomic E-state index is 0.383. The molecule has 0 aromatic heterocycles. The summed E-state index contributed by atoms with van der Waals surface area (Å²) in [4.78, 5) is 0.